The number of aryl methyl sites for hydroxylation is 1. The van der Waals surface area contributed by atoms with Crippen LogP contribution in [0.2, 0.25) is 0 Å². The lowest BCUT2D eigenvalue weighted by Crippen LogP contribution is -2.58. The Balaban J connectivity index is 0.815. The van der Waals surface area contributed by atoms with Gasteiger partial charge in [-0.3, -0.25) is 19.3 Å². The van der Waals surface area contributed by atoms with Gasteiger partial charge in [-0.05, 0) is 74.6 Å². The number of likely N-dealkylation sites (tertiary alicyclic amines) is 1. The molecule has 1 saturated heterocycles. The Morgan fingerprint density at radius 2 is 1.63 bits per heavy atom. The predicted molar refractivity (Wildman–Crippen MR) is 260 cm³/mol. The number of hydrogen-bond acceptors (Lipinski definition) is 10. The molecule has 4 N–H and O–H groups in total. The lowest BCUT2D eigenvalue weighted by atomic mass is 9.85. The van der Waals surface area contributed by atoms with Gasteiger partial charge in [-0.1, -0.05) is 63.2 Å². The highest BCUT2D eigenvalue weighted by Gasteiger charge is 2.46. The maximum absolute atomic E-state index is 15.9. The van der Waals surface area contributed by atoms with E-state index in [1.807, 2.05) is 50.2 Å². The number of aliphatic hydroxyl groups is 1. The number of carbonyl (C=O) groups excluding carboxylic acids is 3. The Labute approximate surface area is 414 Å². The van der Waals surface area contributed by atoms with Crippen LogP contribution in [0.25, 0.3) is 21.3 Å². The molecular formula is C52H63F5N6O7S. The van der Waals surface area contributed by atoms with Crippen LogP contribution in [0.1, 0.15) is 100 Å². The molecule has 0 bridgehead atoms. The minimum atomic E-state index is -4.60. The number of thiazole rings is 1. The lowest BCUT2D eigenvalue weighted by molar-refractivity contribution is -0.155. The molecule has 2 aliphatic heterocycles. The molecule has 0 spiro atoms. The van der Waals surface area contributed by atoms with E-state index in [-0.39, 0.29) is 57.6 Å². The first-order chi connectivity index (χ1) is 33.7. The first-order valence-electron chi connectivity index (χ1n) is 24.0. The topological polar surface area (TPSA) is 158 Å². The second kappa shape index (κ2) is 22.9. The summed E-state index contributed by atoms with van der Waals surface area (Å²) in [6, 6.07) is 12.8. The number of amides is 3. The smallest absolute Gasteiger partial charge is 0.401 e. The van der Waals surface area contributed by atoms with Gasteiger partial charge in [0, 0.05) is 59.9 Å². The maximum Gasteiger partial charge on any atom is 0.401 e. The number of nitrogens with zero attached hydrogens (tertiary/aromatic N) is 3. The Morgan fingerprint density at radius 3 is 2.31 bits per heavy atom. The third kappa shape index (κ3) is 13.1. The maximum atomic E-state index is 15.9. The number of hydrogen-bond donors (Lipinski definition) is 4. The summed E-state index contributed by atoms with van der Waals surface area (Å²) < 4.78 is 90.0. The predicted octanol–water partition coefficient (Wildman–Crippen LogP) is 8.73. The average Bonchev–Trinajstić information content (AvgIpc) is 4.03. The minimum absolute atomic E-state index is 0.0570. The molecule has 0 aliphatic carbocycles. The van der Waals surface area contributed by atoms with Gasteiger partial charge in [0.25, 0.3) is 0 Å². The molecule has 5 aromatic rings. The Kier molecular flexibility index (Phi) is 17.2. The zero-order chi connectivity index (χ0) is 51.2. The fraction of sp³-hybridized carbons (Fsp3) is 0.500. The second-order valence-corrected chi connectivity index (χ2v) is 20.4. The molecule has 2 aliphatic rings. The lowest BCUT2D eigenvalue weighted by Gasteiger charge is -2.41. The number of unbranched alkanes of at least 4 members (excludes halogenated alkanes) is 2. The van der Waals surface area contributed by atoms with E-state index in [1.165, 1.54) is 4.90 Å². The summed E-state index contributed by atoms with van der Waals surface area (Å²) in [6.07, 6.45) is -3.36. The van der Waals surface area contributed by atoms with E-state index in [2.05, 4.69) is 20.6 Å². The Morgan fingerprint density at radius 1 is 0.944 bits per heavy atom. The molecular weight excluding hydrogens is 948 g/mol. The number of para-hydroxylation sites is 1. The number of nitrogens with one attached hydrogen (secondary N) is 3. The first kappa shape index (κ1) is 53.3. The van der Waals surface area contributed by atoms with Crippen molar-refractivity contribution in [2.24, 2.45) is 5.41 Å². The number of carbonyl (C=O) groups is 3. The molecule has 2 aromatic heterocycles. The monoisotopic (exact) mass is 1010 g/mol. The van der Waals surface area contributed by atoms with Crippen molar-refractivity contribution in [1.82, 2.24) is 30.4 Å². The number of aromatic amines is 1. The van der Waals surface area contributed by atoms with Crippen molar-refractivity contribution >= 4 is 40.0 Å². The summed E-state index contributed by atoms with van der Waals surface area (Å²) in [6.45, 7) is 9.87. The molecule has 7 rings (SSSR count). The van der Waals surface area contributed by atoms with Crippen LogP contribution in [0.15, 0.2) is 66.2 Å². The molecule has 6 atom stereocenters. The summed E-state index contributed by atoms with van der Waals surface area (Å²) in [5.41, 5.74) is 5.16. The number of benzene rings is 3. The van der Waals surface area contributed by atoms with Gasteiger partial charge in [-0.25, -0.2) is 13.8 Å². The van der Waals surface area contributed by atoms with Gasteiger partial charge in [-0.2, -0.15) is 13.2 Å². The third-order valence-corrected chi connectivity index (χ3v) is 14.1. The van der Waals surface area contributed by atoms with Crippen molar-refractivity contribution in [1.29, 1.82) is 0 Å². The molecule has 71 heavy (non-hydrogen) atoms. The summed E-state index contributed by atoms with van der Waals surface area (Å²) in [5, 5.41) is 17.2. The van der Waals surface area contributed by atoms with E-state index in [0.717, 1.165) is 49.7 Å². The van der Waals surface area contributed by atoms with Gasteiger partial charge in [0.05, 0.1) is 60.6 Å². The molecule has 3 aromatic carbocycles. The number of alkyl halides is 3. The zero-order valence-corrected chi connectivity index (χ0v) is 41.7. The zero-order valence-electron chi connectivity index (χ0n) is 40.8. The number of β-amino-alcohol motifs (C(OH)–C–C–N with tert-alkyl or cyclic N) is 1. The summed E-state index contributed by atoms with van der Waals surface area (Å²) in [7, 11) is 0. The van der Waals surface area contributed by atoms with Gasteiger partial charge < -0.3 is 39.8 Å². The number of fused-ring (bicyclic) bond motifs is 3. The van der Waals surface area contributed by atoms with Crippen LogP contribution in [0.3, 0.4) is 0 Å². The van der Waals surface area contributed by atoms with Crippen LogP contribution in [0.5, 0.6) is 5.75 Å². The molecule has 1 fully saturated rings. The number of aliphatic hydroxyl groups excluding tert-OH is 1. The van der Waals surface area contributed by atoms with Crippen LogP contribution >= 0.6 is 11.3 Å². The van der Waals surface area contributed by atoms with Gasteiger partial charge in [0.1, 0.15) is 36.1 Å². The highest BCUT2D eigenvalue weighted by atomic mass is 32.1. The van der Waals surface area contributed by atoms with Crippen molar-refractivity contribution < 1.29 is 55.7 Å². The molecule has 19 heteroatoms. The fourth-order valence-electron chi connectivity index (χ4n) is 9.45. The van der Waals surface area contributed by atoms with Gasteiger partial charge in [-0.15, -0.1) is 11.3 Å². The summed E-state index contributed by atoms with van der Waals surface area (Å²) in [5.74, 6) is -3.51. The van der Waals surface area contributed by atoms with Gasteiger partial charge in [0.15, 0.2) is 0 Å². The largest absolute Gasteiger partial charge is 0.493 e. The molecule has 0 saturated carbocycles. The molecule has 3 amide bonds. The number of aromatic nitrogens is 2. The first-order valence-corrected chi connectivity index (χ1v) is 24.9. The van der Waals surface area contributed by atoms with E-state index in [1.54, 1.807) is 56.7 Å². The molecule has 13 nitrogen and oxygen atoms in total. The molecule has 1 unspecified atom stereocenters. The van der Waals surface area contributed by atoms with Crippen LogP contribution in [-0.4, -0.2) is 119 Å². The molecule has 384 valence electrons. The quantitative estimate of drug-likeness (QED) is 0.0442. The average molecular weight is 1010 g/mol. The van der Waals surface area contributed by atoms with Crippen molar-refractivity contribution in [3.8, 4) is 16.2 Å². The highest BCUT2D eigenvalue weighted by Crippen LogP contribution is 2.44. The number of H-pyrrole nitrogens is 1. The Bertz CT molecular complexity index is 2610. The van der Waals surface area contributed by atoms with E-state index in [0.29, 0.717) is 37.1 Å². The highest BCUT2D eigenvalue weighted by molar-refractivity contribution is 7.13. The SMILES string of the molecule is Cc1ncsc1-c1ccc([C@H](C)NC(=O)[C@@H]2C[C@@H](O)CN2C(=O)C(NC(=O)COCCOCCCCCOc2cc(F)c([C@@H]3c4[nH]c5ccccc5c4C[C@@H](C)N3CC(F)(F)F)c(F)c2)C(C)(C)C)cc1. The van der Waals surface area contributed by atoms with Crippen LogP contribution < -0.4 is 15.4 Å². The normalized spacial score (nSPS) is 19.4. The molecule has 0 radical (unpaired) electrons. The number of rotatable bonds is 20. The van der Waals surface area contributed by atoms with Crippen molar-refractivity contribution in [2.45, 2.75) is 116 Å². The van der Waals surface area contributed by atoms with Crippen molar-refractivity contribution in [3.05, 3.63) is 106 Å². The Hall–Kier alpha value is -5.47. The third-order valence-electron chi connectivity index (χ3n) is 13.1. The van der Waals surface area contributed by atoms with Crippen LogP contribution in [0, 0.1) is 24.0 Å². The fourth-order valence-corrected chi connectivity index (χ4v) is 10.3. The van der Waals surface area contributed by atoms with E-state index in [9.17, 15) is 32.7 Å². The standard InChI is InChI=1S/C52H63F5N6O7S/c1-30-22-38-37-12-8-9-13-41(37)60-45(38)46(63(30)28-52(55,56)57)44-39(53)24-36(25-40(44)54)70-19-11-7-10-18-68-20-21-69-27-43(65)61-48(51(4,5)6)50(67)62-26-35(64)23-42(62)49(66)59-31(2)33-14-16-34(17-15-33)47-32(3)58-29-71-47/h8-9,12-17,24-25,29-31,35,42,46,48,60,64H,7,10-11,18-23,26-28H2,1-6H3,(H,59,66)(H,61,65)/t30-,31+,35-,42+,46-,48?/m1/s1. The molecule has 4 heterocycles. The summed E-state index contributed by atoms with van der Waals surface area (Å²) in [4.78, 5) is 51.7. The summed E-state index contributed by atoms with van der Waals surface area (Å²) >= 11 is 1.55. The number of halogens is 5. The van der Waals surface area contributed by atoms with Crippen LogP contribution in [0.4, 0.5) is 22.0 Å². The second-order valence-electron chi connectivity index (χ2n) is 19.6. The van der Waals surface area contributed by atoms with Crippen molar-refractivity contribution in [2.75, 3.05) is 46.1 Å². The van der Waals surface area contributed by atoms with Crippen LogP contribution in [-0.2, 0) is 30.3 Å². The van der Waals surface area contributed by atoms with Crippen molar-refractivity contribution in [3.63, 3.8) is 0 Å². The van der Waals surface area contributed by atoms with E-state index >= 15 is 8.78 Å². The van der Waals surface area contributed by atoms with E-state index < -0.39 is 83.3 Å². The number of ether oxygens (including phenoxy) is 3. The van der Waals surface area contributed by atoms with E-state index in [4.69, 9.17) is 14.2 Å². The minimum Gasteiger partial charge on any atom is -0.493 e. The van der Waals surface area contributed by atoms with Gasteiger partial charge in [0.2, 0.25) is 17.7 Å². The van der Waals surface area contributed by atoms with Gasteiger partial charge >= 0.3 is 6.18 Å².